The number of aliphatic hydroxyl groups is 1. The quantitative estimate of drug-likeness (QED) is 0.432. The molecule has 0 spiro atoms. The van der Waals surface area contributed by atoms with Crippen LogP contribution >= 0.6 is 11.6 Å². The minimum absolute atomic E-state index is 0.0854. The molecule has 2 heterocycles. The molecule has 2 bridgehead atoms. The molecule has 0 saturated heterocycles. The highest BCUT2D eigenvalue weighted by molar-refractivity contribution is 6.42. The largest absolute Gasteiger partial charge is 0.506 e. The SMILES string of the molecule is CCc1ccc(-c2ccc(Cl)cc2F)cc1C1=C(O)c2c(c3ccc2o3)C1=O. The summed E-state index contributed by atoms with van der Waals surface area (Å²) in [5, 5.41) is 11.2. The molecule has 0 fully saturated rings. The van der Waals surface area contributed by atoms with E-state index in [-0.39, 0.29) is 17.1 Å². The fraction of sp³-hybridized carbons (Fsp3) is 0.0870. The number of rotatable bonds is 3. The number of aliphatic hydroxyl groups excluding tert-OH is 1. The van der Waals surface area contributed by atoms with E-state index in [9.17, 15) is 14.3 Å². The fourth-order valence-corrected chi connectivity index (χ4v) is 4.09. The van der Waals surface area contributed by atoms with Crippen molar-refractivity contribution in [1.82, 2.24) is 0 Å². The average Bonchev–Trinajstić information content (AvgIpc) is 3.35. The van der Waals surface area contributed by atoms with Gasteiger partial charge in [0.1, 0.15) is 22.7 Å². The first-order chi connectivity index (χ1) is 13.5. The summed E-state index contributed by atoms with van der Waals surface area (Å²) in [4.78, 5) is 13.1. The third-order valence-corrected chi connectivity index (χ3v) is 5.51. The predicted octanol–water partition coefficient (Wildman–Crippen LogP) is 6.52. The third kappa shape index (κ3) is 2.25. The summed E-state index contributed by atoms with van der Waals surface area (Å²) in [6.45, 7) is 1.97. The van der Waals surface area contributed by atoms with Gasteiger partial charge in [-0.3, -0.25) is 4.79 Å². The van der Waals surface area contributed by atoms with Gasteiger partial charge in [0.05, 0.1) is 16.7 Å². The van der Waals surface area contributed by atoms with Crippen molar-refractivity contribution in [3.05, 3.63) is 81.6 Å². The average molecular weight is 393 g/mol. The molecular weight excluding hydrogens is 379 g/mol. The van der Waals surface area contributed by atoms with Gasteiger partial charge in [-0.15, -0.1) is 0 Å². The summed E-state index contributed by atoms with van der Waals surface area (Å²) < 4.78 is 19.9. The van der Waals surface area contributed by atoms with Crippen LogP contribution in [-0.2, 0) is 6.42 Å². The van der Waals surface area contributed by atoms with Gasteiger partial charge in [-0.25, -0.2) is 4.39 Å². The van der Waals surface area contributed by atoms with Crippen LogP contribution in [0, 0.1) is 5.82 Å². The predicted molar refractivity (Wildman–Crippen MR) is 107 cm³/mol. The molecule has 5 rings (SSSR count). The topological polar surface area (TPSA) is 50.4 Å². The number of allylic oxidation sites excluding steroid dienone is 1. The summed E-state index contributed by atoms with van der Waals surface area (Å²) in [7, 11) is 0. The molecule has 3 nitrogen and oxygen atoms in total. The number of benzene rings is 3. The van der Waals surface area contributed by atoms with Gasteiger partial charge in [0.15, 0.2) is 0 Å². The van der Waals surface area contributed by atoms with Crippen LogP contribution in [0.2, 0.25) is 5.02 Å². The summed E-state index contributed by atoms with van der Waals surface area (Å²) in [5.74, 6) is -0.802. The molecule has 1 aliphatic rings. The first kappa shape index (κ1) is 17.0. The standard InChI is InChI=1S/C23H14ClFO3/c1-2-11-3-4-12(14-6-5-13(24)10-16(14)25)9-15(11)19-22(26)20-17-7-8-18(28-17)21(20)23(19)27/h3-10,26H,2H2,1H3. The second-order valence-electron chi connectivity index (χ2n) is 6.82. The zero-order valence-corrected chi connectivity index (χ0v) is 15.6. The first-order valence-corrected chi connectivity index (χ1v) is 9.29. The highest BCUT2D eigenvalue weighted by Gasteiger charge is 2.37. The number of carbonyl (C=O) groups is 1. The van der Waals surface area contributed by atoms with Crippen LogP contribution in [0.15, 0.2) is 52.9 Å². The van der Waals surface area contributed by atoms with E-state index in [0.717, 1.165) is 5.56 Å². The van der Waals surface area contributed by atoms with Crippen molar-refractivity contribution in [1.29, 1.82) is 0 Å². The molecule has 0 aliphatic heterocycles. The van der Waals surface area contributed by atoms with E-state index < -0.39 is 5.82 Å². The van der Waals surface area contributed by atoms with Gasteiger partial charge in [-0.1, -0.05) is 30.7 Å². The monoisotopic (exact) mass is 392 g/mol. The van der Waals surface area contributed by atoms with Crippen molar-refractivity contribution < 1.29 is 18.7 Å². The van der Waals surface area contributed by atoms with Crippen molar-refractivity contribution in [2.45, 2.75) is 13.3 Å². The van der Waals surface area contributed by atoms with Crippen LogP contribution in [0.1, 0.15) is 34.0 Å². The number of halogens is 2. The van der Waals surface area contributed by atoms with E-state index in [2.05, 4.69) is 0 Å². The molecule has 0 unspecified atom stereocenters. The Hall–Kier alpha value is -3.11. The lowest BCUT2D eigenvalue weighted by Gasteiger charge is -2.13. The van der Waals surface area contributed by atoms with Crippen LogP contribution in [0.25, 0.3) is 33.6 Å². The lowest BCUT2D eigenvalue weighted by atomic mass is 9.91. The molecule has 2 aromatic heterocycles. The first-order valence-electron chi connectivity index (χ1n) is 8.91. The lowest BCUT2D eigenvalue weighted by molar-refractivity contribution is 0.106. The Morgan fingerprint density at radius 3 is 2.43 bits per heavy atom. The van der Waals surface area contributed by atoms with E-state index in [1.165, 1.54) is 6.07 Å². The normalized spacial score (nSPS) is 13.8. The zero-order chi connectivity index (χ0) is 19.6. The Kier molecular flexibility index (Phi) is 3.61. The van der Waals surface area contributed by atoms with Gasteiger partial charge < -0.3 is 9.52 Å². The number of Topliss-reactive ketones (excluding diaryl/α,β-unsaturated/α-hetero) is 1. The maximum Gasteiger partial charge on any atom is 0.202 e. The summed E-state index contributed by atoms with van der Waals surface area (Å²) in [6, 6.07) is 13.4. The molecule has 0 atom stereocenters. The summed E-state index contributed by atoms with van der Waals surface area (Å²) >= 11 is 5.86. The van der Waals surface area contributed by atoms with E-state index in [0.29, 0.717) is 50.4 Å². The molecule has 5 heteroatoms. The Morgan fingerprint density at radius 2 is 1.75 bits per heavy atom. The van der Waals surface area contributed by atoms with Crippen LogP contribution in [0.5, 0.6) is 0 Å². The molecule has 0 saturated carbocycles. The maximum absolute atomic E-state index is 14.4. The van der Waals surface area contributed by atoms with Gasteiger partial charge >= 0.3 is 0 Å². The number of furan rings is 2. The van der Waals surface area contributed by atoms with Crippen LogP contribution in [-0.4, -0.2) is 10.9 Å². The second kappa shape index (κ2) is 5.94. The van der Waals surface area contributed by atoms with Crippen LogP contribution < -0.4 is 0 Å². The van der Waals surface area contributed by atoms with Gasteiger partial charge in [-0.05, 0) is 59.5 Å². The zero-order valence-electron chi connectivity index (χ0n) is 14.8. The van der Waals surface area contributed by atoms with Crippen LogP contribution in [0.3, 0.4) is 0 Å². The molecule has 1 aliphatic carbocycles. The van der Waals surface area contributed by atoms with Gasteiger partial charge in [-0.2, -0.15) is 0 Å². The van der Waals surface area contributed by atoms with Gasteiger partial charge in [0, 0.05) is 10.6 Å². The highest BCUT2D eigenvalue weighted by Crippen LogP contribution is 2.45. The molecule has 2 aromatic carbocycles. The number of fused-ring (bicyclic) bond motifs is 5. The molecule has 1 N–H and O–H groups in total. The molecule has 4 aromatic rings. The Labute approximate surface area is 165 Å². The Balaban J connectivity index is 1.72. The maximum atomic E-state index is 14.4. The van der Waals surface area contributed by atoms with Crippen molar-refractivity contribution in [3.8, 4) is 11.1 Å². The third-order valence-electron chi connectivity index (χ3n) is 5.28. The van der Waals surface area contributed by atoms with Crippen molar-refractivity contribution in [2.24, 2.45) is 0 Å². The van der Waals surface area contributed by atoms with Crippen molar-refractivity contribution in [3.63, 3.8) is 0 Å². The van der Waals surface area contributed by atoms with Crippen molar-refractivity contribution >= 4 is 39.9 Å². The number of hydrogen-bond acceptors (Lipinski definition) is 3. The lowest BCUT2D eigenvalue weighted by Crippen LogP contribution is -2.02. The number of carbonyl (C=O) groups excluding carboxylic acids is 1. The van der Waals surface area contributed by atoms with E-state index in [4.69, 9.17) is 16.0 Å². The van der Waals surface area contributed by atoms with E-state index in [1.54, 1.807) is 30.3 Å². The smallest absolute Gasteiger partial charge is 0.202 e. The number of aryl methyl sites for hydroxylation is 1. The second-order valence-corrected chi connectivity index (χ2v) is 7.25. The summed E-state index contributed by atoms with van der Waals surface area (Å²) in [6.07, 6.45) is 0.662. The van der Waals surface area contributed by atoms with E-state index >= 15 is 0 Å². The molecule has 0 radical (unpaired) electrons. The molecule has 0 amide bonds. The molecule has 28 heavy (non-hydrogen) atoms. The molecular formula is C23H14ClFO3. The summed E-state index contributed by atoms with van der Waals surface area (Å²) in [5.41, 5.74) is 4.53. The Morgan fingerprint density at radius 1 is 1.00 bits per heavy atom. The van der Waals surface area contributed by atoms with Crippen molar-refractivity contribution in [2.75, 3.05) is 0 Å². The number of ketones is 1. The van der Waals surface area contributed by atoms with E-state index in [1.807, 2.05) is 19.1 Å². The minimum atomic E-state index is -0.443. The fourth-order valence-electron chi connectivity index (χ4n) is 3.93. The van der Waals surface area contributed by atoms with Crippen LogP contribution in [0.4, 0.5) is 4.39 Å². The highest BCUT2D eigenvalue weighted by atomic mass is 35.5. The Bertz CT molecular complexity index is 1300. The molecule has 138 valence electrons. The minimum Gasteiger partial charge on any atom is -0.506 e. The van der Waals surface area contributed by atoms with Gasteiger partial charge in [0.2, 0.25) is 5.78 Å². The van der Waals surface area contributed by atoms with Gasteiger partial charge in [0.25, 0.3) is 0 Å². The number of hydrogen-bond donors (Lipinski definition) is 1.